The van der Waals surface area contributed by atoms with E-state index in [2.05, 4.69) is 53.1 Å². The molecule has 0 radical (unpaired) electrons. The molecule has 0 saturated carbocycles. The van der Waals surface area contributed by atoms with Gasteiger partial charge in [0.2, 0.25) is 0 Å². The molecule has 0 saturated heterocycles. The summed E-state index contributed by atoms with van der Waals surface area (Å²) < 4.78 is 5.31. The van der Waals surface area contributed by atoms with E-state index in [0.717, 1.165) is 17.1 Å². The van der Waals surface area contributed by atoms with Crippen molar-refractivity contribution in [2.75, 3.05) is 10.6 Å². The van der Waals surface area contributed by atoms with Gasteiger partial charge in [-0.15, -0.1) is 0 Å². The number of rotatable bonds is 2. The highest BCUT2D eigenvalue weighted by Gasteiger charge is 2.16. The summed E-state index contributed by atoms with van der Waals surface area (Å²) in [6.07, 6.45) is 5.77. The van der Waals surface area contributed by atoms with E-state index in [0.29, 0.717) is 0 Å². The molecule has 4 rings (SSSR count). The average Bonchev–Trinajstić information content (AvgIpc) is 2.99. The first-order valence-corrected chi connectivity index (χ1v) is 6.67. The van der Waals surface area contributed by atoms with Gasteiger partial charge in [-0.3, -0.25) is 0 Å². The van der Waals surface area contributed by atoms with E-state index >= 15 is 0 Å². The van der Waals surface area contributed by atoms with Crippen molar-refractivity contribution < 1.29 is 4.42 Å². The third-order valence-electron chi connectivity index (χ3n) is 3.52. The molecule has 3 aromatic rings. The van der Waals surface area contributed by atoms with Crippen molar-refractivity contribution in [1.82, 2.24) is 0 Å². The van der Waals surface area contributed by atoms with E-state index in [9.17, 15) is 0 Å². The molecule has 20 heavy (non-hydrogen) atoms. The molecule has 2 heterocycles. The van der Waals surface area contributed by atoms with E-state index in [1.54, 1.807) is 6.26 Å². The van der Waals surface area contributed by atoms with Crippen LogP contribution in [0.5, 0.6) is 0 Å². The van der Waals surface area contributed by atoms with Crippen LogP contribution in [0.4, 0.5) is 11.4 Å². The zero-order valence-electron chi connectivity index (χ0n) is 10.8. The van der Waals surface area contributed by atoms with Gasteiger partial charge in [0.05, 0.1) is 6.26 Å². The largest absolute Gasteiger partial charge is 0.465 e. The number of hydrogen-bond acceptors (Lipinski definition) is 3. The molecule has 3 heteroatoms. The molecule has 1 aliphatic rings. The van der Waals surface area contributed by atoms with Crippen molar-refractivity contribution in [3.05, 3.63) is 66.6 Å². The van der Waals surface area contributed by atoms with Crippen molar-refractivity contribution in [3.8, 4) is 0 Å². The Morgan fingerprint density at radius 2 is 1.65 bits per heavy atom. The second kappa shape index (κ2) is 4.46. The van der Waals surface area contributed by atoms with Crippen LogP contribution in [0.2, 0.25) is 0 Å². The molecule has 98 valence electrons. The maximum absolute atomic E-state index is 5.31. The summed E-state index contributed by atoms with van der Waals surface area (Å²) in [6, 6.07) is 16.5. The lowest BCUT2D eigenvalue weighted by Crippen LogP contribution is -2.29. The summed E-state index contributed by atoms with van der Waals surface area (Å²) in [6.45, 7) is 0. The van der Waals surface area contributed by atoms with Crippen molar-refractivity contribution >= 4 is 28.2 Å². The third-order valence-corrected chi connectivity index (χ3v) is 3.52. The van der Waals surface area contributed by atoms with Crippen molar-refractivity contribution in [2.24, 2.45) is 0 Å². The van der Waals surface area contributed by atoms with Crippen molar-refractivity contribution in [3.63, 3.8) is 0 Å². The SMILES string of the molecule is C(=C\C1Nc2cccc3cccc(c23)N1)/c1ccco1. The Morgan fingerprint density at radius 3 is 2.30 bits per heavy atom. The molecule has 0 unspecified atom stereocenters. The highest BCUT2D eigenvalue weighted by Crippen LogP contribution is 2.34. The smallest absolute Gasteiger partial charge is 0.126 e. The lowest BCUT2D eigenvalue weighted by Gasteiger charge is -2.27. The Labute approximate surface area is 116 Å². The molecule has 1 aromatic heterocycles. The zero-order valence-corrected chi connectivity index (χ0v) is 10.8. The second-order valence-electron chi connectivity index (χ2n) is 4.85. The first-order chi connectivity index (χ1) is 9.90. The third kappa shape index (κ3) is 1.84. The number of benzene rings is 2. The quantitative estimate of drug-likeness (QED) is 0.722. The molecule has 0 amide bonds. The predicted molar refractivity (Wildman–Crippen MR) is 82.7 cm³/mol. The van der Waals surface area contributed by atoms with Gasteiger partial charge in [-0.1, -0.05) is 24.3 Å². The van der Waals surface area contributed by atoms with Crippen LogP contribution in [-0.2, 0) is 0 Å². The lowest BCUT2D eigenvalue weighted by atomic mass is 10.0. The summed E-state index contributed by atoms with van der Waals surface area (Å²) in [4.78, 5) is 0. The van der Waals surface area contributed by atoms with Gasteiger partial charge >= 0.3 is 0 Å². The number of nitrogens with one attached hydrogen (secondary N) is 2. The van der Waals surface area contributed by atoms with Crippen LogP contribution >= 0.6 is 0 Å². The lowest BCUT2D eigenvalue weighted by molar-refractivity contribution is 0.557. The minimum absolute atomic E-state index is 0.0561. The maximum atomic E-state index is 5.31. The molecule has 2 aromatic carbocycles. The second-order valence-corrected chi connectivity index (χ2v) is 4.85. The minimum atomic E-state index is 0.0561. The molecular formula is C17H14N2O. The molecule has 0 fully saturated rings. The van der Waals surface area contributed by atoms with Crippen LogP contribution in [0, 0.1) is 0 Å². The Balaban J connectivity index is 1.69. The number of furan rings is 1. The topological polar surface area (TPSA) is 37.2 Å². The first kappa shape index (κ1) is 11.2. The summed E-state index contributed by atoms with van der Waals surface area (Å²) in [5, 5.41) is 9.46. The molecule has 2 N–H and O–H groups in total. The standard InChI is InChI=1S/C17H14N2O/c1-4-12-5-2-8-15-17(12)14(7-1)18-16(19-15)10-9-13-6-3-11-20-13/h1-11,16,18-19H/b10-9+. The van der Waals surface area contributed by atoms with Gasteiger partial charge in [0, 0.05) is 16.8 Å². The summed E-state index contributed by atoms with van der Waals surface area (Å²) >= 11 is 0. The first-order valence-electron chi connectivity index (χ1n) is 6.67. The van der Waals surface area contributed by atoms with Crippen LogP contribution in [-0.4, -0.2) is 6.17 Å². The fraction of sp³-hybridized carbons (Fsp3) is 0.0588. The van der Waals surface area contributed by atoms with Crippen LogP contribution < -0.4 is 10.6 Å². The molecular weight excluding hydrogens is 248 g/mol. The highest BCUT2D eigenvalue weighted by atomic mass is 16.3. The fourth-order valence-electron chi connectivity index (χ4n) is 2.63. The molecule has 3 nitrogen and oxygen atoms in total. The average molecular weight is 262 g/mol. The van der Waals surface area contributed by atoms with Crippen LogP contribution in [0.1, 0.15) is 5.76 Å². The van der Waals surface area contributed by atoms with Gasteiger partial charge in [-0.05, 0) is 41.8 Å². The molecule has 0 spiro atoms. The molecule has 1 aliphatic heterocycles. The molecule has 0 atom stereocenters. The summed E-state index contributed by atoms with van der Waals surface area (Å²) in [5.41, 5.74) is 2.32. The Morgan fingerprint density at radius 1 is 0.900 bits per heavy atom. The normalized spacial score (nSPS) is 14.4. The predicted octanol–water partition coefficient (Wildman–Crippen LogP) is 4.31. The Kier molecular flexibility index (Phi) is 2.49. The van der Waals surface area contributed by atoms with E-state index in [1.807, 2.05) is 18.2 Å². The Bertz CT molecular complexity index is 734. The Hall–Kier alpha value is -2.68. The van der Waals surface area contributed by atoms with Crippen LogP contribution in [0.3, 0.4) is 0 Å². The van der Waals surface area contributed by atoms with Gasteiger partial charge in [0.15, 0.2) is 0 Å². The monoisotopic (exact) mass is 262 g/mol. The maximum Gasteiger partial charge on any atom is 0.126 e. The van der Waals surface area contributed by atoms with Gasteiger partial charge in [0.1, 0.15) is 11.9 Å². The minimum Gasteiger partial charge on any atom is -0.465 e. The van der Waals surface area contributed by atoms with Crippen molar-refractivity contribution in [1.29, 1.82) is 0 Å². The van der Waals surface area contributed by atoms with Gasteiger partial charge in [-0.25, -0.2) is 0 Å². The number of hydrogen-bond donors (Lipinski definition) is 2. The van der Waals surface area contributed by atoms with E-state index in [-0.39, 0.29) is 6.17 Å². The van der Waals surface area contributed by atoms with Gasteiger partial charge < -0.3 is 15.1 Å². The summed E-state index contributed by atoms with van der Waals surface area (Å²) in [7, 11) is 0. The van der Waals surface area contributed by atoms with Crippen LogP contribution in [0.15, 0.2) is 65.3 Å². The zero-order chi connectivity index (χ0) is 13.4. The van der Waals surface area contributed by atoms with E-state index in [1.165, 1.54) is 10.8 Å². The van der Waals surface area contributed by atoms with Crippen LogP contribution in [0.25, 0.3) is 16.8 Å². The fourth-order valence-corrected chi connectivity index (χ4v) is 2.63. The molecule has 0 aliphatic carbocycles. The van der Waals surface area contributed by atoms with Gasteiger partial charge in [-0.2, -0.15) is 0 Å². The summed E-state index contributed by atoms with van der Waals surface area (Å²) in [5.74, 6) is 0.852. The van der Waals surface area contributed by atoms with Gasteiger partial charge in [0.25, 0.3) is 0 Å². The number of anilines is 2. The van der Waals surface area contributed by atoms with E-state index in [4.69, 9.17) is 4.42 Å². The highest BCUT2D eigenvalue weighted by molar-refractivity contribution is 6.04. The van der Waals surface area contributed by atoms with Crippen molar-refractivity contribution in [2.45, 2.75) is 6.17 Å². The molecule has 0 bridgehead atoms. The van der Waals surface area contributed by atoms with E-state index < -0.39 is 0 Å².